The molecule has 0 spiro atoms. The van der Waals surface area contributed by atoms with Gasteiger partial charge in [0, 0.05) is 36.9 Å². The zero-order valence-electron chi connectivity index (χ0n) is 10.1. The van der Waals surface area contributed by atoms with E-state index in [-0.39, 0.29) is 0 Å². The van der Waals surface area contributed by atoms with Crippen molar-refractivity contribution >= 4 is 21.4 Å². The van der Waals surface area contributed by atoms with Crippen molar-refractivity contribution in [2.24, 2.45) is 0 Å². The first kappa shape index (κ1) is 11.2. The van der Waals surface area contributed by atoms with Crippen LogP contribution in [-0.4, -0.2) is 30.6 Å². The standard InChI is InChI=1S/C14H18N2S/c1-11-8-15-6-7-16(11)9-12-10-17-14-5-3-2-4-13(12)14/h2-5,10-11,15H,6-9H2,1H3/t11-/m1/s1. The van der Waals surface area contributed by atoms with Gasteiger partial charge in [-0.1, -0.05) is 18.2 Å². The van der Waals surface area contributed by atoms with Crippen molar-refractivity contribution in [3.8, 4) is 0 Å². The summed E-state index contributed by atoms with van der Waals surface area (Å²) < 4.78 is 1.41. The second-order valence-electron chi connectivity index (χ2n) is 4.78. The molecule has 2 aromatic rings. The van der Waals surface area contributed by atoms with E-state index in [4.69, 9.17) is 0 Å². The Kier molecular flexibility index (Phi) is 3.14. The van der Waals surface area contributed by atoms with Gasteiger partial charge < -0.3 is 5.32 Å². The lowest BCUT2D eigenvalue weighted by atomic mass is 10.1. The minimum atomic E-state index is 0.641. The normalized spacial score (nSPS) is 22.1. The molecule has 1 atom stereocenters. The molecule has 3 rings (SSSR count). The molecule has 1 fully saturated rings. The fourth-order valence-corrected chi connectivity index (χ4v) is 3.45. The summed E-state index contributed by atoms with van der Waals surface area (Å²) in [5.41, 5.74) is 1.49. The van der Waals surface area contributed by atoms with Crippen molar-refractivity contribution in [3.05, 3.63) is 35.2 Å². The number of rotatable bonds is 2. The first-order chi connectivity index (χ1) is 8.34. The predicted octanol–water partition coefficient (Wildman–Crippen LogP) is 2.70. The van der Waals surface area contributed by atoms with E-state index in [1.807, 2.05) is 11.3 Å². The summed E-state index contributed by atoms with van der Waals surface area (Å²) in [4.78, 5) is 2.57. The third-order valence-electron chi connectivity index (χ3n) is 3.57. The Morgan fingerprint density at radius 1 is 1.41 bits per heavy atom. The van der Waals surface area contributed by atoms with Crippen LogP contribution in [0.2, 0.25) is 0 Å². The molecule has 1 aromatic heterocycles. The molecular weight excluding hydrogens is 228 g/mol. The van der Waals surface area contributed by atoms with Crippen molar-refractivity contribution in [1.29, 1.82) is 0 Å². The SMILES string of the molecule is C[C@@H]1CNCCN1Cc1csc2ccccc12. The number of nitrogens with zero attached hydrogens (tertiary/aromatic N) is 1. The molecular formula is C14H18N2S. The zero-order valence-corrected chi connectivity index (χ0v) is 11.0. The average Bonchev–Trinajstić information content (AvgIpc) is 2.76. The number of fused-ring (bicyclic) bond motifs is 1. The number of piperazine rings is 1. The van der Waals surface area contributed by atoms with E-state index in [1.54, 1.807) is 0 Å². The first-order valence-electron chi connectivity index (χ1n) is 6.24. The van der Waals surface area contributed by atoms with Crippen LogP contribution >= 0.6 is 11.3 Å². The lowest BCUT2D eigenvalue weighted by Gasteiger charge is -2.33. The molecule has 1 aliphatic heterocycles. The van der Waals surface area contributed by atoms with Crippen LogP contribution in [0.3, 0.4) is 0 Å². The fourth-order valence-electron chi connectivity index (χ4n) is 2.49. The molecule has 2 nitrogen and oxygen atoms in total. The molecule has 1 aliphatic rings. The van der Waals surface area contributed by atoms with Crippen LogP contribution in [0.5, 0.6) is 0 Å². The minimum absolute atomic E-state index is 0.641. The van der Waals surface area contributed by atoms with Gasteiger partial charge in [0.05, 0.1) is 0 Å². The van der Waals surface area contributed by atoms with E-state index in [9.17, 15) is 0 Å². The highest BCUT2D eigenvalue weighted by atomic mass is 32.1. The van der Waals surface area contributed by atoms with Crippen molar-refractivity contribution in [2.75, 3.05) is 19.6 Å². The third-order valence-corrected chi connectivity index (χ3v) is 4.59. The lowest BCUT2D eigenvalue weighted by molar-refractivity contribution is 0.166. The molecule has 0 aliphatic carbocycles. The van der Waals surface area contributed by atoms with Gasteiger partial charge in [0.15, 0.2) is 0 Å². The summed E-state index contributed by atoms with van der Waals surface area (Å²) in [5, 5.41) is 7.19. The summed E-state index contributed by atoms with van der Waals surface area (Å²) in [6.45, 7) is 6.79. The highest BCUT2D eigenvalue weighted by molar-refractivity contribution is 7.17. The highest BCUT2D eigenvalue weighted by Crippen LogP contribution is 2.27. The Balaban J connectivity index is 1.84. The van der Waals surface area contributed by atoms with Crippen LogP contribution in [-0.2, 0) is 6.54 Å². The predicted molar refractivity (Wildman–Crippen MR) is 74.6 cm³/mol. The van der Waals surface area contributed by atoms with Crippen molar-refractivity contribution < 1.29 is 0 Å². The smallest absolute Gasteiger partial charge is 0.0346 e. The summed E-state index contributed by atoms with van der Waals surface area (Å²) in [7, 11) is 0. The van der Waals surface area contributed by atoms with E-state index in [2.05, 4.69) is 46.8 Å². The summed E-state index contributed by atoms with van der Waals surface area (Å²) in [6.07, 6.45) is 0. The monoisotopic (exact) mass is 246 g/mol. The third kappa shape index (κ3) is 2.23. The van der Waals surface area contributed by atoms with Crippen LogP contribution in [0, 0.1) is 0 Å². The minimum Gasteiger partial charge on any atom is -0.314 e. The maximum Gasteiger partial charge on any atom is 0.0346 e. The lowest BCUT2D eigenvalue weighted by Crippen LogP contribution is -2.49. The van der Waals surface area contributed by atoms with Crippen LogP contribution in [0.1, 0.15) is 12.5 Å². The summed E-state index contributed by atoms with van der Waals surface area (Å²) in [5.74, 6) is 0. The molecule has 1 aromatic carbocycles. The summed E-state index contributed by atoms with van der Waals surface area (Å²) in [6, 6.07) is 9.36. The quantitative estimate of drug-likeness (QED) is 0.876. The molecule has 3 heteroatoms. The van der Waals surface area contributed by atoms with E-state index < -0.39 is 0 Å². The van der Waals surface area contributed by atoms with Gasteiger partial charge in [-0.3, -0.25) is 4.90 Å². The molecule has 0 radical (unpaired) electrons. The van der Waals surface area contributed by atoms with E-state index in [0.717, 1.165) is 26.2 Å². The van der Waals surface area contributed by atoms with Crippen LogP contribution < -0.4 is 5.32 Å². The Labute approximate surface area is 106 Å². The second-order valence-corrected chi connectivity index (χ2v) is 5.69. The largest absolute Gasteiger partial charge is 0.314 e. The Bertz CT molecular complexity index is 506. The maximum atomic E-state index is 3.44. The number of benzene rings is 1. The number of hydrogen-bond acceptors (Lipinski definition) is 3. The topological polar surface area (TPSA) is 15.3 Å². The molecule has 2 heterocycles. The van der Waals surface area contributed by atoms with E-state index in [1.165, 1.54) is 15.6 Å². The summed E-state index contributed by atoms with van der Waals surface area (Å²) >= 11 is 1.86. The molecule has 90 valence electrons. The van der Waals surface area contributed by atoms with Gasteiger partial charge in [0.2, 0.25) is 0 Å². The van der Waals surface area contributed by atoms with Gasteiger partial charge in [-0.05, 0) is 29.3 Å². The van der Waals surface area contributed by atoms with E-state index in [0.29, 0.717) is 6.04 Å². The Hall–Kier alpha value is -0.900. The molecule has 0 amide bonds. The van der Waals surface area contributed by atoms with Crippen LogP contribution in [0.4, 0.5) is 0 Å². The molecule has 17 heavy (non-hydrogen) atoms. The van der Waals surface area contributed by atoms with Gasteiger partial charge in [-0.2, -0.15) is 0 Å². The second kappa shape index (κ2) is 4.77. The molecule has 1 N–H and O–H groups in total. The Morgan fingerprint density at radius 2 is 2.29 bits per heavy atom. The first-order valence-corrected chi connectivity index (χ1v) is 7.12. The fraction of sp³-hybridized carbons (Fsp3) is 0.429. The van der Waals surface area contributed by atoms with Gasteiger partial charge in [0.1, 0.15) is 0 Å². The van der Waals surface area contributed by atoms with Crippen molar-refractivity contribution in [1.82, 2.24) is 10.2 Å². The van der Waals surface area contributed by atoms with Crippen LogP contribution in [0.15, 0.2) is 29.6 Å². The van der Waals surface area contributed by atoms with Gasteiger partial charge in [0.25, 0.3) is 0 Å². The molecule has 0 unspecified atom stereocenters. The number of thiophene rings is 1. The zero-order chi connectivity index (χ0) is 11.7. The number of nitrogens with one attached hydrogen (secondary N) is 1. The highest BCUT2D eigenvalue weighted by Gasteiger charge is 2.18. The number of hydrogen-bond donors (Lipinski definition) is 1. The maximum absolute atomic E-state index is 3.44. The van der Waals surface area contributed by atoms with E-state index >= 15 is 0 Å². The van der Waals surface area contributed by atoms with Gasteiger partial charge in [-0.25, -0.2) is 0 Å². The van der Waals surface area contributed by atoms with Crippen LogP contribution in [0.25, 0.3) is 10.1 Å². The average molecular weight is 246 g/mol. The molecule has 1 saturated heterocycles. The van der Waals surface area contributed by atoms with Gasteiger partial charge in [-0.15, -0.1) is 11.3 Å². The molecule has 0 saturated carbocycles. The van der Waals surface area contributed by atoms with Gasteiger partial charge >= 0.3 is 0 Å². The molecule has 0 bridgehead atoms. The van der Waals surface area contributed by atoms with Crippen molar-refractivity contribution in [2.45, 2.75) is 19.5 Å². The Morgan fingerprint density at radius 3 is 3.18 bits per heavy atom. The van der Waals surface area contributed by atoms with Crippen molar-refractivity contribution in [3.63, 3.8) is 0 Å².